The molecule has 0 spiro atoms. The van der Waals surface area contributed by atoms with Crippen LogP contribution in [-0.4, -0.2) is 23.8 Å². The Morgan fingerprint density at radius 1 is 1.38 bits per heavy atom. The minimum Gasteiger partial charge on any atom is -0.462 e. The molecule has 3 heteroatoms. The van der Waals surface area contributed by atoms with Crippen LogP contribution in [0.15, 0.2) is 0 Å². The van der Waals surface area contributed by atoms with Gasteiger partial charge < -0.3 is 9.84 Å². The number of hydrogen-bond acceptors (Lipinski definition) is 3. The van der Waals surface area contributed by atoms with Crippen molar-refractivity contribution in [3.63, 3.8) is 0 Å². The van der Waals surface area contributed by atoms with E-state index in [2.05, 4.69) is 0 Å². The summed E-state index contributed by atoms with van der Waals surface area (Å²) in [5, 5.41) is 8.92. The van der Waals surface area contributed by atoms with Crippen molar-refractivity contribution in [2.24, 2.45) is 5.41 Å². The highest BCUT2D eigenvalue weighted by molar-refractivity contribution is 5.76. The molecule has 0 aromatic rings. The van der Waals surface area contributed by atoms with E-state index in [9.17, 15) is 4.79 Å². The number of esters is 1. The van der Waals surface area contributed by atoms with Crippen LogP contribution < -0.4 is 0 Å². The summed E-state index contributed by atoms with van der Waals surface area (Å²) in [7, 11) is 0. The maximum Gasteiger partial charge on any atom is 0.314 e. The van der Waals surface area contributed by atoms with Crippen LogP contribution >= 0.6 is 0 Å². The molecule has 0 aromatic heterocycles. The minimum atomic E-state index is -0.775. The van der Waals surface area contributed by atoms with Gasteiger partial charge in [0.15, 0.2) is 0 Å². The van der Waals surface area contributed by atoms with Gasteiger partial charge in [0.25, 0.3) is 0 Å². The van der Waals surface area contributed by atoms with E-state index in [0.29, 0.717) is 0 Å². The fourth-order valence-corrected chi connectivity index (χ4v) is 0.831. The van der Waals surface area contributed by atoms with E-state index in [1.807, 2.05) is 13.8 Å². The van der Waals surface area contributed by atoms with Crippen LogP contribution in [0.4, 0.5) is 0 Å². The maximum atomic E-state index is 11.4. The second-order valence-corrected chi connectivity index (χ2v) is 3.89. The summed E-state index contributed by atoms with van der Waals surface area (Å²) in [6, 6.07) is 0. The standard InChI is InChI=1S/C10H20O3/c1-5-8(6-2)13-9(12)10(3,4)7-11/h8,11H,5-7H2,1-4H3. The van der Waals surface area contributed by atoms with Gasteiger partial charge >= 0.3 is 5.97 Å². The highest BCUT2D eigenvalue weighted by atomic mass is 16.5. The zero-order valence-corrected chi connectivity index (χ0v) is 8.96. The molecule has 0 atom stereocenters. The van der Waals surface area contributed by atoms with Gasteiger partial charge in [-0.25, -0.2) is 0 Å². The maximum absolute atomic E-state index is 11.4. The van der Waals surface area contributed by atoms with Gasteiger partial charge in [0.05, 0.1) is 12.0 Å². The third-order valence-electron chi connectivity index (χ3n) is 2.13. The molecule has 0 saturated carbocycles. The molecular weight excluding hydrogens is 168 g/mol. The van der Waals surface area contributed by atoms with E-state index in [1.54, 1.807) is 13.8 Å². The molecule has 78 valence electrons. The van der Waals surface area contributed by atoms with Gasteiger partial charge in [0, 0.05) is 0 Å². The molecule has 0 amide bonds. The van der Waals surface area contributed by atoms with Crippen LogP contribution in [0.2, 0.25) is 0 Å². The van der Waals surface area contributed by atoms with Crippen molar-refractivity contribution in [2.45, 2.75) is 46.6 Å². The predicted octanol–water partition coefficient (Wildman–Crippen LogP) is 1.74. The Balaban J connectivity index is 4.13. The van der Waals surface area contributed by atoms with Gasteiger partial charge in [0.2, 0.25) is 0 Å². The Morgan fingerprint density at radius 2 is 1.85 bits per heavy atom. The molecule has 0 unspecified atom stereocenters. The minimum absolute atomic E-state index is 0.0154. The second kappa shape index (κ2) is 5.22. The first-order valence-corrected chi connectivity index (χ1v) is 4.79. The van der Waals surface area contributed by atoms with Gasteiger partial charge in [-0.15, -0.1) is 0 Å². The molecule has 13 heavy (non-hydrogen) atoms. The number of aliphatic hydroxyl groups excluding tert-OH is 1. The molecule has 0 aliphatic rings. The topological polar surface area (TPSA) is 46.5 Å². The lowest BCUT2D eigenvalue weighted by Gasteiger charge is -2.23. The predicted molar refractivity (Wildman–Crippen MR) is 51.3 cm³/mol. The zero-order valence-electron chi connectivity index (χ0n) is 8.96. The van der Waals surface area contributed by atoms with Crippen molar-refractivity contribution < 1.29 is 14.6 Å². The van der Waals surface area contributed by atoms with Crippen molar-refractivity contribution in [3.05, 3.63) is 0 Å². The molecule has 1 N–H and O–H groups in total. The molecule has 0 aromatic carbocycles. The monoisotopic (exact) mass is 188 g/mol. The first kappa shape index (κ1) is 12.4. The van der Waals surface area contributed by atoms with Gasteiger partial charge in [-0.05, 0) is 26.7 Å². The summed E-state index contributed by atoms with van der Waals surface area (Å²) in [6.07, 6.45) is 1.63. The van der Waals surface area contributed by atoms with Crippen LogP contribution in [0.25, 0.3) is 0 Å². The van der Waals surface area contributed by atoms with Crippen molar-refractivity contribution in [1.82, 2.24) is 0 Å². The lowest BCUT2D eigenvalue weighted by Crippen LogP contribution is -2.33. The summed E-state index contributed by atoms with van der Waals surface area (Å²) in [5.41, 5.74) is -0.775. The van der Waals surface area contributed by atoms with Crippen LogP contribution in [-0.2, 0) is 9.53 Å². The van der Waals surface area contributed by atoms with E-state index >= 15 is 0 Å². The fourth-order valence-electron chi connectivity index (χ4n) is 0.831. The van der Waals surface area contributed by atoms with E-state index in [0.717, 1.165) is 12.8 Å². The first-order valence-electron chi connectivity index (χ1n) is 4.79. The lowest BCUT2D eigenvalue weighted by atomic mass is 9.95. The molecule has 0 aliphatic carbocycles. The number of aliphatic hydroxyl groups is 1. The Hall–Kier alpha value is -0.570. The van der Waals surface area contributed by atoms with Gasteiger partial charge in [-0.3, -0.25) is 4.79 Å². The Kier molecular flexibility index (Phi) is 4.99. The Labute approximate surface area is 80.1 Å². The average Bonchev–Trinajstić information content (AvgIpc) is 2.13. The van der Waals surface area contributed by atoms with E-state index in [-0.39, 0.29) is 18.7 Å². The number of hydrogen-bond donors (Lipinski definition) is 1. The van der Waals surface area contributed by atoms with E-state index < -0.39 is 5.41 Å². The summed E-state index contributed by atoms with van der Waals surface area (Å²) >= 11 is 0. The van der Waals surface area contributed by atoms with Crippen LogP contribution in [0, 0.1) is 5.41 Å². The zero-order chi connectivity index (χ0) is 10.5. The molecule has 3 nitrogen and oxygen atoms in total. The second-order valence-electron chi connectivity index (χ2n) is 3.89. The quantitative estimate of drug-likeness (QED) is 0.668. The smallest absolute Gasteiger partial charge is 0.314 e. The third-order valence-corrected chi connectivity index (χ3v) is 2.13. The van der Waals surface area contributed by atoms with Crippen LogP contribution in [0.5, 0.6) is 0 Å². The van der Waals surface area contributed by atoms with Crippen molar-refractivity contribution in [3.8, 4) is 0 Å². The van der Waals surface area contributed by atoms with Crippen molar-refractivity contribution in [1.29, 1.82) is 0 Å². The van der Waals surface area contributed by atoms with Crippen LogP contribution in [0.1, 0.15) is 40.5 Å². The Morgan fingerprint density at radius 3 is 2.15 bits per heavy atom. The normalized spacial score (nSPS) is 11.8. The summed E-state index contributed by atoms with van der Waals surface area (Å²) in [5.74, 6) is -0.316. The molecular formula is C10H20O3. The number of rotatable bonds is 5. The van der Waals surface area contributed by atoms with Crippen molar-refractivity contribution in [2.75, 3.05) is 6.61 Å². The van der Waals surface area contributed by atoms with Crippen molar-refractivity contribution >= 4 is 5.97 Å². The highest BCUT2D eigenvalue weighted by Crippen LogP contribution is 2.18. The molecule has 0 saturated heterocycles. The van der Waals surface area contributed by atoms with Crippen LogP contribution in [0.3, 0.4) is 0 Å². The SMILES string of the molecule is CCC(CC)OC(=O)C(C)(C)CO. The third kappa shape index (κ3) is 3.77. The molecule has 0 radical (unpaired) electrons. The lowest BCUT2D eigenvalue weighted by molar-refractivity contribution is -0.162. The number of ether oxygens (including phenoxy) is 1. The number of carbonyl (C=O) groups excluding carboxylic acids is 1. The fraction of sp³-hybridized carbons (Fsp3) is 0.900. The molecule has 0 bridgehead atoms. The average molecular weight is 188 g/mol. The van der Waals surface area contributed by atoms with Gasteiger partial charge in [0.1, 0.15) is 6.10 Å². The van der Waals surface area contributed by atoms with E-state index in [1.165, 1.54) is 0 Å². The Bertz CT molecular complexity index is 160. The summed E-state index contributed by atoms with van der Waals surface area (Å²) in [6.45, 7) is 7.14. The molecule has 0 rings (SSSR count). The summed E-state index contributed by atoms with van der Waals surface area (Å²) < 4.78 is 5.21. The first-order chi connectivity index (χ1) is 5.97. The molecule has 0 aliphatic heterocycles. The molecule has 0 fully saturated rings. The largest absolute Gasteiger partial charge is 0.462 e. The van der Waals surface area contributed by atoms with Gasteiger partial charge in [-0.2, -0.15) is 0 Å². The van der Waals surface area contributed by atoms with Gasteiger partial charge in [-0.1, -0.05) is 13.8 Å². The highest BCUT2D eigenvalue weighted by Gasteiger charge is 2.29. The van der Waals surface area contributed by atoms with E-state index in [4.69, 9.17) is 9.84 Å². The number of carbonyl (C=O) groups is 1. The summed E-state index contributed by atoms with van der Waals surface area (Å²) in [4.78, 5) is 11.4. The molecule has 0 heterocycles.